The number of rotatable bonds is 13. The number of carbonyl (C=O) groups is 2. The van der Waals surface area contributed by atoms with E-state index in [0.29, 0.717) is 24.5 Å². The van der Waals surface area contributed by atoms with E-state index in [1.807, 2.05) is 6.92 Å². The summed E-state index contributed by atoms with van der Waals surface area (Å²) < 4.78 is 52.7. The minimum atomic E-state index is -3.61. The van der Waals surface area contributed by atoms with Crippen LogP contribution in [0.4, 0.5) is 9.18 Å². The molecule has 1 unspecified atom stereocenters. The van der Waals surface area contributed by atoms with E-state index in [9.17, 15) is 22.4 Å². The first-order valence-corrected chi connectivity index (χ1v) is 12.5. The third kappa shape index (κ3) is 7.42. The first-order chi connectivity index (χ1) is 15.3. The summed E-state index contributed by atoms with van der Waals surface area (Å²) in [5.41, 5.74) is 0.644. The van der Waals surface area contributed by atoms with Crippen molar-refractivity contribution >= 4 is 22.0 Å². The Balaban J connectivity index is 1.45. The molecule has 2 N–H and O–H groups in total. The third-order valence-electron chi connectivity index (χ3n) is 5.35. The van der Waals surface area contributed by atoms with Crippen molar-refractivity contribution in [3.05, 3.63) is 29.6 Å². The van der Waals surface area contributed by atoms with Gasteiger partial charge in [-0.1, -0.05) is 13.0 Å². The monoisotopic (exact) mass is 471 g/mol. The number of hydrogen-bond donors (Lipinski definition) is 2. The van der Waals surface area contributed by atoms with Crippen LogP contribution < -0.4 is 14.8 Å². The molecule has 9 nitrogen and oxygen atoms in total. The van der Waals surface area contributed by atoms with Gasteiger partial charge in [-0.25, -0.2) is 22.3 Å². The number of carbonyl (C=O) groups excluding carboxylic acids is 2. The van der Waals surface area contributed by atoms with Crippen LogP contribution in [0.15, 0.2) is 18.2 Å². The zero-order valence-corrected chi connectivity index (χ0v) is 19.0. The van der Waals surface area contributed by atoms with Gasteiger partial charge in [0.1, 0.15) is 6.73 Å². The fourth-order valence-electron chi connectivity index (χ4n) is 3.25. The molecule has 178 valence electrons. The van der Waals surface area contributed by atoms with Gasteiger partial charge < -0.3 is 14.4 Å². The zero-order valence-electron chi connectivity index (χ0n) is 18.1. The fraction of sp³-hybridized carbons (Fsp3) is 0.619. The lowest BCUT2D eigenvalue weighted by Crippen LogP contribution is -2.50. The molecule has 11 heteroatoms. The lowest BCUT2D eigenvalue weighted by Gasteiger charge is -2.26. The Kier molecular flexibility index (Phi) is 8.44. The zero-order chi connectivity index (χ0) is 23.1. The number of imide groups is 1. The van der Waals surface area contributed by atoms with Gasteiger partial charge in [0.15, 0.2) is 11.6 Å². The van der Waals surface area contributed by atoms with Gasteiger partial charge in [-0.2, -0.15) is 0 Å². The van der Waals surface area contributed by atoms with E-state index in [4.69, 9.17) is 9.47 Å². The Morgan fingerprint density at radius 2 is 2.09 bits per heavy atom. The van der Waals surface area contributed by atoms with Crippen molar-refractivity contribution in [2.45, 2.75) is 45.1 Å². The van der Waals surface area contributed by atoms with Gasteiger partial charge in [-0.05, 0) is 49.3 Å². The first kappa shape index (κ1) is 24.4. The highest BCUT2D eigenvalue weighted by Crippen LogP contribution is 2.31. The predicted molar refractivity (Wildman–Crippen MR) is 115 cm³/mol. The van der Waals surface area contributed by atoms with Gasteiger partial charge in [0, 0.05) is 25.6 Å². The average Bonchev–Trinajstić information content (AvgIpc) is 3.57. The van der Waals surface area contributed by atoms with Crippen LogP contribution in [0.25, 0.3) is 0 Å². The van der Waals surface area contributed by atoms with E-state index in [1.54, 1.807) is 12.1 Å². The largest absolute Gasteiger partial charge is 0.490 e. The molecule has 0 bridgehead atoms. The van der Waals surface area contributed by atoms with Gasteiger partial charge in [0.2, 0.25) is 15.9 Å². The molecule has 0 aromatic heterocycles. The molecule has 1 aromatic rings. The smallest absolute Gasteiger partial charge is 0.325 e. The minimum absolute atomic E-state index is 0.0105. The molecule has 2 fully saturated rings. The molecule has 1 aromatic carbocycles. The Bertz CT molecular complexity index is 922. The summed E-state index contributed by atoms with van der Waals surface area (Å²) in [7, 11) is -3.61. The van der Waals surface area contributed by atoms with Crippen molar-refractivity contribution < 1.29 is 31.9 Å². The highest BCUT2D eigenvalue weighted by Gasteiger charge is 2.24. The van der Waals surface area contributed by atoms with Crippen molar-refractivity contribution in [1.82, 2.24) is 14.9 Å². The number of ether oxygens (including phenoxy) is 2. The van der Waals surface area contributed by atoms with Gasteiger partial charge in [0.25, 0.3) is 0 Å². The van der Waals surface area contributed by atoms with Crippen LogP contribution in [0.5, 0.6) is 5.75 Å². The second-order valence-electron chi connectivity index (χ2n) is 8.10. The first-order valence-electron chi connectivity index (χ1n) is 10.9. The van der Waals surface area contributed by atoms with Crippen LogP contribution in [0, 0.1) is 11.7 Å². The van der Waals surface area contributed by atoms with Gasteiger partial charge >= 0.3 is 6.03 Å². The molecule has 1 saturated heterocycles. The van der Waals surface area contributed by atoms with Crippen molar-refractivity contribution in [2.24, 2.45) is 5.92 Å². The maximum absolute atomic E-state index is 14.0. The number of urea groups is 1. The molecular weight excluding hydrogens is 441 g/mol. The molecule has 2 aliphatic rings. The number of halogens is 1. The molecule has 1 aliphatic heterocycles. The predicted octanol–water partition coefficient (Wildman–Crippen LogP) is 2.29. The number of benzene rings is 1. The van der Waals surface area contributed by atoms with Crippen molar-refractivity contribution in [3.63, 3.8) is 0 Å². The van der Waals surface area contributed by atoms with Crippen LogP contribution >= 0.6 is 0 Å². The Morgan fingerprint density at radius 3 is 2.78 bits per heavy atom. The SMILES string of the molecule is CCC(NS(=O)(=O)CCCOCN1CCC(=O)NC1=O)c1ccc(F)c(OCC2CC2)c1. The van der Waals surface area contributed by atoms with E-state index >= 15 is 0 Å². The maximum atomic E-state index is 14.0. The van der Waals surface area contributed by atoms with Crippen LogP contribution in [0.2, 0.25) is 0 Å². The summed E-state index contributed by atoms with van der Waals surface area (Å²) in [5, 5.41) is 2.19. The van der Waals surface area contributed by atoms with Crippen LogP contribution in [0.3, 0.4) is 0 Å². The molecule has 32 heavy (non-hydrogen) atoms. The van der Waals surface area contributed by atoms with Crippen molar-refractivity contribution in [1.29, 1.82) is 0 Å². The van der Waals surface area contributed by atoms with Crippen molar-refractivity contribution in [3.8, 4) is 5.75 Å². The number of amides is 3. The second-order valence-corrected chi connectivity index (χ2v) is 9.97. The molecule has 1 atom stereocenters. The summed E-state index contributed by atoms with van der Waals surface area (Å²) in [5.74, 6) is -0.315. The summed E-state index contributed by atoms with van der Waals surface area (Å²) in [6, 6.07) is 3.41. The fourth-order valence-corrected chi connectivity index (χ4v) is 4.60. The molecule has 0 radical (unpaired) electrons. The second kappa shape index (κ2) is 11.1. The Hall–Kier alpha value is -2.24. The van der Waals surface area contributed by atoms with E-state index in [2.05, 4.69) is 10.0 Å². The van der Waals surface area contributed by atoms with E-state index in [1.165, 1.54) is 11.0 Å². The number of nitrogens with one attached hydrogen (secondary N) is 2. The highest BCUT2D eigenvalue weighted by atomic mass is 32.2. The number of nitrogens with zero attached hydrogens (tertiary/aromatic N) is 1. The molecule has 3 rings (SSSR count). The van der Waals surface area contributed by atoms with Gasteiger partial charge in [-0.15, -0.1) is 0 Å². The van der Waals surface area contributed by atoms with Crippen LogP contribution in [-0.4, -0.2) is 57.5 Å². The van der Waals surface area contributed by atoms with Crippen LogP contribution in [-0.2, 0) is 19.6 Å². The molecule has 1 saturated carbocycles. The minimum Gasteiger partial charge on any atom is -0.490 e. The van der Waals surface area contributed by atoms with E-state index in [-0.39, 0.29) is 50.1 Å². The highest BCUT2D eigenvalue weighted by molar-refractivity contribution is 7.89. The molecule has 0 spiro atoms. The molecular formula is C21H30FN3O6S. The lowest BCUT2D eigenvalue weighted by molar-refractivity contribution is -0.122. The lowest BCUT2D eigenvalue weighted by atomic mass is 10.1. The van der Waals surface area contributed by atoms with E-state index in [0.717, 1.165) is 12.8 Å². The standard InChI is InChI=1S/C21H30FN3O6S/c1-2-18(16-6-7-17(22)19(12-16)31-13-15-4-5-15)24-32(28,29)11-3-10-30-14-25-9-8-20(26)23-21(25)27/h6-7,12,15,18,24H,2-5,8-11,13-14H2,1H3,(H,23,26,27). The molecule has 1 aliphatic carbocycles. The molecule has 3 amide bonds. The van der Waals surface area contributed by atoms with Crippen LogP contribution in [0.1, 0.15) is 50.6 Å². The Morgan fingerprint density at radius 1 is 1.31 bits per heavy atom. The summed E-state index contributed by atoms with van der Waals surface area (Å²) in [6.45, 7) is 2.72. The topological polar surface area (TPSA) is 114 Å². The van der Waals surface area contributed by atoms with Gasteiger partial charge in [0.05, 0.1) is 12.4 Å². The van der Waals surface area contributed by atoms with Crippen molar-refractivity contribution in [2.75, 3.05) is 32.2 Å². The quantitative estimate of drug-likeness (QED) is 0.427. The molecule has 1 heterocycles. The van der Waals surface area contributed by atoms with Gasteiger partial charge in [-0.3, -0.25) is 10.1 Å². The van der Waals surface area contributed by atoms with E-state index < -0.39 is 27.9 Å². The summed E-state index contributed by atoms with van der Waals surface area (Å²) >= 11 is 0. The number of sulfonamides is 1. The maximum Gasteiger partial charge on any atom is 0.325 e. The summed E-state index contributed by atoms with van der Waals surface area (Å²) in [4.78, 5) is 24.1. The number of hydrogen-bond acceptors (Lipinski definition) is 6. The normalized spacial score (nSPS) is 17.9. The Labute approximate surface area is 187 Å². The third-order valence-corrected chi connectivity index (χ3v) is 6.82. The summed E-state index contributed by atoms with van der Waals surface area (Å²) in [6.07, 6.45) is 3.12. The average molecular weight is 472 g/mol.